The predicted molar refractivity (Wildman–Crippen MR) is 110 cm³/mol. The molecule has 0 bridgehead atoms. The summed E-state index contributed by atoms with van der Waals surface area (Å²) < 4.78 is 0. The van der Waals surface area contributed by atoms with Gasteiger partial charge in [-0.3, -0.25) is 4.90 Å². The second kappa shape index (κ2) is 8.46. The molecule has 0 aliphatic heterocycles. The maximum Gasteiger partial charge on any atom is 0.0970 e. The molecule has 0 N–H and O–H groups in total. The van der Waals surface area contributed by atoms with E-state index in [1.807, 2.05) is 0 Å². The Bertz CT molecular complexity index is 659. The number of halogens is 1. The van der Waals surface area contributed by atoms with Gasteiger partial charge >= 0.3 is 0 Å². The lowest BCUT2D eigenvalue weighted by atomic mass is 9.75. The van der Waals surface area contributed by atoms with E-state index in [1.54, 1.807) is 0 Å². The van der Waals surface area contributed by atoms with E-state index in [4.69, 9.17) is 0 Å². The average molecular weight is 394 g/mol. The van der Waals surface area contributed by atoms with E-state index in [9.17, 15) is 0 Å². The van der Waals surface area contributed by atoms with Crippen molar-refractivity contribution in [2.24, 2.45) is 0 Å². The fourth-order valence-corrected chi connectivity index (χ4v) is 3.91. The summed E-state index contributed by atoms with van der Waals surface area (Å²) in [5.41, 5.74) is 3.59. The molecule has 25 heavy (non-hydrogen) atoms. The van der Waals surface area contributed by atoms with Gasteiger partial charge in [0.05, 0.1) is 5.54 Å². The first kappa shape index (κ1) is 17.9. The molecule has 1 nitrogen and oxygen atoms in total. The number of alkyl halides is 1. The fourth-order valence-electron chi connectivity index (χ4n) is 3.66. The molecule has 128 valence electrons. The highest BCUT2D eigenvalue weighted by Crippen LogP contribution is 2.41. The third-order valence-corrected chi connectivity index (χ3v) is 5.34. The summed E-state index contributed by atoms with van der Waals surface area (Å²) in [7, 11) is 2.23. The van der Waals surface area contributed by atoms with Crippen LogP contribution in [-0.4, -0.2) is 23.8 Å². The van der Waals surface area contributed by atoms with Crippen molar-refractivity contribution in [3.8, 4) is 0 Å². The Balaban J connectivity index is 2.28. The van der Waals surface area contributed by atoms with Crippen molar-refractivity contribution in [3.05, 3.63) is 108 Å². The zero-order valence-electron chi connectivity index (χ0n) is 14.6. The standard InChI is InChI=1S/C23H24BrN/c1-25(19-11-18-24)23(20-12-5-2-6-13-20,21-14-7-3-8-15-21)22-16-9-4-10-17-22/h2-10,12-17H,11,18-19H2,1H3. The second-order valence-corrected chi connectivity index (χ2v) is 7.07. The zero-order valence-corrected chi connectivity index (χ0v) is 16.2. The molecule has 0 saturated heterocycles. The molecule has 0 saturated carbocycles. The zero-order chi connectivity index (χ0) is 17.5. The largest absolute Gasteiger partial charge is 0.289 e. The molecular weight excluding hydrogens is 370 g/mol. The molecule has 3 aromatic carbocycles. The van der Waals surface area contributed by atoms with Crippen LogP contribution in [0.3, 0.4) is 0 Å². The van der Waals surface area contributed by atoms with Crippen molar-refractivity contribution in [3.63, 3.8) is 0 Å². The Morgan fingerprint density at radius 2 is 1.04 bits per heavy atom. The first-order valence-electron chi connectivity index (χ1n) is 8.74. The van der Waals surface area contributed by atoms with Crippen LogP contribution in [0, 0.1) is 0 Å². The van der Waals surface area contributed by atoms with Gasteiger partial charge in [0.1, 0.15) is 0 Å². The van der Waals surface area contributed by atoms with Crippen molar-refractivity contribution in [2.75, 3.05) is 18.9 Å². The van der Waals surface area contributed by atoms with Crippen molar-refractivity contribution in [1.82, 2.24) is 4.90 Å². The predicted octanol–water partition coefficient (Wildman–Crippen LogP) is 5.70. The average Bonchev–Trinajstić information content (AvgIpc) is 2.69. The smallest absolute Gasteiger partial charge is 0.0970 e. The van der Waals surface area contributed by atoms with Gasteiger partial charge in [0.25, 0.3) is 0 Å². The van der Waals surface area contributed by atoms with Crippen LogP contribution in [0.4, 0.5) is 0 Å². The normalized spacial score (nSPS) is 11.6. The van der Waals surface area contributed by atoms with Crippen LogP contribution >= 0.6 is 15.9 Å². The minimum Gasteiger partial charge on any atom is -0.289 e. The molecule has 0 spiro atoms. The van der Waals surface area contributed by atoms with Crippen LogP contribution in [0.2, 0.25) is 0 Å². The number of hydrogen-bond donors (Lipinski definition) is 0. The van der Waals surface area contributed by atoms with E-state index in [-0.39, 0.29) is 5.54 Å². The maximum atomic E-state index is 3.59. The summed E-state index contributed by atoms with van der Waals surface area (Å²) in [5.74, 6) is 0. The lowest BCUT2D eigenvalue weighted by Gasteiger charge is -2.44. The number of hydrogen-bond acceptors (Lipinski definition) is 1. The van der Waals surface area contributed by atoms with E-state index in [1.165, 1.54) is 16.7 Å². The van der Waals surface area contributed by atoms with E-state index >= 15 is 0 Å². The monoisotopic (exact) mass is 393 g/mol. The molecule has 3 aromatic rings. The Kier molecular flexibility index (Phi) is 6.06. The summed E-state index contributed by atoms with van der Waals surface area (Å²) in [5, 5.41) is 1.01. The summed E-state index contributed by atoms with van der Waals surface area (Å²) in [6.45, 7) is 1.00. The van der Waals surface area contributed by atoms with Crippen LogP contribution < -0.4 is 0 Å². The lowest BCUT2D eigenvalue weighted by molar-refractivity contribution is 0.200. The molecule has 0 atom stereocenters. The van der Waals surface area contributed by atoms with Crippen LogP contribution in [-0.2, 0) is 5.54 Å². The molecule has 0 aromatic heterocycles. The molecule has 3 rings (SSSR count). The Morgan fingerprint density at radius 1 is 0.680 bits per heavy atom. The summed E-state index contributed by atoms with van der Waals surface area (Å²) in [6, 6.07) is 32.5. The van der Waals surface area contributed by atoms with Gasteiger partial charge in [-0.2, -0.15) is 0 Å². The van der Waals surface area contributed by atoms with Crippen LogP contribution in [0.25, 0.3) is 0 Å². The van der Waals surface area contributed by atoms with Gasteiger partial charge < -0.3 is 0 Å². The van der Waals surface area contributed by atoms with Gasteiger partial charge in [-0.15, -0.1) is 0 Å². The van der Waals surface area contributed by atoms with E-state index in [0.717, 1.165) is 18.3 Å². The van der Waals surface area contributed by atoms with Crippen molar-refractivity contribution < 1.29 is 0 Å². The molecule has 0 amide bonds. The second-order valence-electron chi connectivity index (χ2n) is 6.27. The molecule has 0 radical (unpaired) electrons. The molecule has 0 aliphatic rings. The Morgan fingerprint density at radius 3 is 1.36 bits per heavy atom. The number of nitrogens with zero attached hydrogens (tertiary/aromatic N) is 1. The molecule has 2 heteroatoms. The van der Waals surface area contributed by atoms with Crippen LogP contribution in [0.5, 0.6) is 0 Å². The summed E-state index contributed by atoms with van der Waals surface area (Å²) in [6.07, 6.45) is 1.10. The van der Waals surface area contributed by atoms with Gasteiger partial charge in [-0.1, -0.05) is 107 Å². The third kappa shape index (κ3) is 3.56. The Labute approximate surface area is 159 Å². The molecule has 0 fully saturated rings. The highest BCUT2D eigenvalue weighted by molar-refractivity contribution is 9.09. The third-order valence-electron chi connectivity index (χ3n) is 4.77. The van der Waals surface area contributed by atoms with E-state index in [0.29, 0.717) is 0 Å². The molecule has 0 heterocycles. The van der Waals surface area contributed by atoms with Gasteiger partial charge in [0, 0.05) is 11.9 Å². The van der Waals surface area contributed by atoms with Crippen molar-refractivity contribution in [1.29, 1.82) is 0 Å². The van der Waals surface area contributed by atoms with Gasteiger partial charge in [-0.05, 0) is 30.2 Å². The topological polar surface area (TPSA) is 3.24 Å². The van der Waals surface area contributed by atoms with Crippen molar-refractivity contribution >= 4 is 15.9 Å². The fraction of sp³-hybridized carbons (Fsp3) is 0.217. The molecular formula is C23H24BrN. The quantitative estimate of drug-likeness (QED) is 0.367. The van der Waals surface area contributed by atoms with Crippen LogP contribution in [0.15, 0.2) is 91.0 Å². The van der Waals surface area contributed by atoms with E-state index < -0.39 is 0 Å². The first-order chi connectivity index (χ1) is 12.3. The summed E-state index contributed by atoms with van der Waals surface area (Å²) in [4.78, 5) is 2.48. The Hall–Kier alpha value is -1.90. The number of benzene rings is 3. The minimum absolute atomic E-state index is 0.300. The van der Waals surface area contributed by atoms with Crippen LogP contribution in [0.1, 0.15) is 23.1 Å². The SMILES string of the molecule is CN(CCCBr)C(c1ccccc1)(c1ccccc1)c1ccccc1. The van der Waals surface area contributed by atoms with Gasteiger partial charge in [0.2, 0.25) is 0 Å². The molecule has 0 unspecified atom stereocenters. The highest BCUT2D eigenvalue weighted by Gasteiger charge is 2.39. The van der Waals surface area contributed by atoms with Gasteiger partial charge in [-0.25, -0.2) is 0 Å². The minimum atomic E-state index is -0.300. The highest BCUT2D eigenvalue weighted by atomic mass is 79.9. The maximum absolute atomic E-state index is 3.59. The van der Waals surface area contributed by atoms with Gasteiger partial charge in [0.15, 0.2) is 0 Å². The van der Waals surface area contributed by atoms with Crippen molar-refractivity contribution in [2.45, 2.75) is 12.0 Å². The first-order valence-corrected chi connectivity index (χ1v) is 9.86. The molecule has 0 aliphatic carbocycles. The lowest BCUT2D eigenvalue weighted by Crippen LogP contribution is -2.46. The summed E-state index contributed by atoms with van der Waals surface area (Å²) >= 11 is 3.59. The number of rotatable bonds is 7. The van der Waals surface area contributed by atoms with E-state index in [2.05, 4.69) is 119 Å².